The predicted molar refractivity (Wildman–Crippen MR) is 87.6 cm³/mol. The van der Waals surface area contributed by atoms with Gasteiger partial charge >= 0.3 is 0 Å². The van der Waals surface area contributed by atoms with E-state index in [-0.39, 0.29) is 0 Å². The maximum absolute atomic E-state index is 6.17. The molecule has 0 spiro atoms. The summed E-state index contributed by atoms with van der Waals surface area (Å²) in [5.74, 6) is 1.77. The van der Waals surface area contributed by atoms with E-state index >= 15 is 0 Å². The topological polar surface area (TPSA) is 79.7 Å². The van der Waals surface area contributed by atoms with Gasteiger partial charge in [-0.2, -0.15) is 10.1 Å². The van der Waals surface area contributed by atoms with E-state index in [1.54, 1.807) is 17.1 Å². The monoisotopic (exact) mass is 321 g/mol. The second-order valence-corrected chi connectivity index (χ2v) is 5.92. The number of nitrogens with zero attached hydrogens (tertiary/aromatic N) is 4. The number of anilines is 3. The Kier molecular flexibility index (Phi) is 4.74. The molecule has 0 radical (unpaired) electrons. The molecule has 1 aliphatic heterocycles. The van der Waals surface area contributed by atoms with Gasteiger partial charge in [-0.05, 0) is 31.8 Å². The van der Waals surface area contributed by atoms with Crippen LogP contribution in [-0.4, -0.2) is 39.4 Å². The molecule has 7 nitrogen and oxygen atoms in total. The Balaban J connectivity index is 1.64. The quantitative estimate of drug-likeness (QED) is 0.782. The smallest absolute Gasteiger partial charge is 0.229 e. The highest BCUT2D eigenvalue weighted by Gasteiger charge is 2.14. The molecule has 3 N–H and O–H groups in total. The summed E-state index contributed by atoms with van der Waals surface area (Å²) in [5.41, 5.74) is 0.840. The van der Waals surface area contributed by atoms with Gasteiger partial charge in [-0.15, -0.1) is 0 Å². The Morgan fingerprint density at radius 2 is 2.36 bits per heavy atom. The van der Waals surface area contributed by atoms with E-state index in [9.17, 15) is 0 Å². The van der Waals surface area contributed by atoms with E-state index in [0.29, 0.717) is 22.7 Å². The first-order valence-electron chi connectivity index (χ1n) is 7.43. The Morgan fingerprint density at radius 3 is 3.09 bits per heavy atom. The fraction of sp³-hybridized carbons (Fsp3) is 0.500. The minimum atomic E-state index is 0.502. The maximum Gasteiger partial charge on any atom is 0.229 e. The third-order valence-corrected chi connectivity index (χ3v) is 3.94. The number of nitrogens with one attached hydrogen (secondary N) is 3. The second kappa shape index (κ2) is 6.93. The third-order valence-electron chi connectivity index (χ3n) is 3.66. The van der Waals surface area contributed by atoms with Crippen LogP contribution in [0.15, 0.2) is 18.6 Å². The van der Waals surface area contributed by atoms with E-state index in [1.807, 2.05) is 13.2 Å². The number of hydrogen-bond donors (Lipinski definition) is 3. The van der Waals surface area contributed by atoms with Gasteiger partial charge in [-0.3, -0.25) is 4.68 Å². The van der Waals surface area contributed by atoms with Crippen molar-refractivity contribution in [2.75, 3.05) is 30.3 Å². The maximum atomic E-state index is 6.17. The lowest BCUT2D eigenvalue weighted by Gasteiger charge is -2.23. The van der Waals surface area contributed by atoms with Crippen molar-refractivity contribution in [2.45, 2.75) is 12.8 Å². The molecule has 1 aliphatic rings. The minimum Gasteiger partial charge on any atom is -0.368 e. The van der Waals surface area contributed by atoms with Gasteiger partial charge in [0.1, 0.15) is 5.02 Å². The van der Waals surface area contributed by atoms with Crippen LogP contribution in [0.3, 0.4) is 0 Å². The molecular weight excluding hydrogens is 302 g/mol. The molecule has 22 heavy (non-hydrogen) atoms. The van der Waals surface area contributed by atoms with Crippen LogP contribution in [-0.2, 0) is 7.05 Å². The first kappa shape index (κ1) is 15.1. The number of aryl methyl sites for hydroxylation is 1. The van der Waals surface area contributed by atoms with Crippen molar-refractivity contribution in [3.05, 3.63) is 23.6 Å². The van der Waals surface area contributed by atoms with Crippen LogP contribution in [0.4, 0.5) is 17.5 Å². The molecule has 0 aliphatic carbocycles. The lowest BCUT2D eigenvalue weighted by molar-refractivity contribution is 0.392. The molecule has 8 heteroatoms. The van der Waals surface area contributed by atoms with Gasteiger partial charge in [0.05, 0.1) is 18.1 Å². The van der Waals surface area contributed by atoms with Crippen LogP contribution in [0, 0.1) is 5.92 Å². The van der Waals surface area contributed by atoms with Crippen LogP contribution < -0.4 is 16.0 Å². The Bertz CT molecular complexity index is 621. The van der Waals surface area contributed by atoms with Crippen molar-refractivity contribution in [2.24, 2.45) is 13.0 Å². The molecule has 1 saturated heterocycles. The van der Waals surface area contributed by atoms with Crippen LogP contribution >= 0.6 is 11.6 Å². The highest BCUT2D eigenvalue weighted by molar-refractivity contribution is 6.32. The van der Waals surface area contributed by atoms with Crippen molar-refractivity contribution >= 4 is 29.1 Å². The molecule has 3 rings (SSSR count). The average molecular weight is 322 g/mol. The van der Waals surface area contributed by atoms with E-state index in [2.05, 4.69) is 31.0 Å². The van der Waals surface area contributed by atoms with E-state index in [1.165, 1.54) is 12.8 Å². The minimum absolute atomic E-state index is 0.502. The van der Waals surface area contributed by atoms with Crippen molar-refractivity contribution in [3.8, 4) is 0 Å². The average Bonchev–Trinajstić information content (AvgIpc) is 2.94. The van der Waals surface area contributed by atoms with E-state index in [0.717, 1.165) is 25.3 Å². The largest absolute Gasteiger partial charge is 0.368 e. The molecule has 118 valence electrons. The first-order valence-corrected chi connectivity index (χ1v) is 7.81. The van der Waals surface area contributed by atoms with Gasteiger partial charge in [0, 0.05) is 19.8 Å². The molecule has 0 amide bonds. The third kappa shape index (κ3) is 3.86. The van der Waals surface area contributed by atoms with Gasteiger partial charge in [-0.1, -0.05) is 11.6 Å². The summed E-state index contributed by atoms with van der Waals surface area (Å²) in [4.78, 5) is 8.63. The summed E-state index contributed by atoms with van der Waals surface area (Å²) in [7, 11) is 1.86. The lowest BCUT2D eigenvalue weighted by atomic mass is 10.00. The summed E-state index contributed by atoms with van der Waals surface area (Å²) in [6, 6.07) is 0. The molecule has 0 bridgehead atoms. The highest BCUT2D eigenvalue weighted by atomic mass is 35.5. The van der Waals surface area contributed by atoms with Gasteiger partial charge in [0.15, 0.2) is 5.82 Å². The summed E-state index contributed by atoms with van der Waals surface area (Å²) in [5, 5.41) is 14.5. The Hall–Kier alpha value is -1.86. The second-order valence-electron chi connectivity index (χ2n) is 5.51. The summed E-state index contributed by atoms with van der Waals surface area (Å²) in [6.07, 6.45) is 7.63. The Morgan fingerprint density at radius 1 is 1.45 bits per heavy atom. The van der Waals surface area contributed by atoms with Gasteiger partial charge < -0.3 is 16.0 Å². The van der Waals surface area contributed by atoms with Gasteiger partial charge in [-0.25, -0.2) is 4.98 Å². The van der Waals surface area contributed by atoms with Crippen LogP contribution in [0.2, 0.25) is 5.02 Å². The van der Waals surface area contributed by atoms with Gasteiger partial charge in [0.2, 0.25) is 5.95 Å². The molecule has 2 aromatic rings. The number of hydrogen-bond acceptors (Lipinski definition) is 6. The molecular formula is C14H20ClN7. The summed E-state index contributed by atoms with van der Waals surface area (Å²) >= 11 is 6.17. The standard InChI is InChI=1S/C14H20ClN7/c1-22-9-11(7-19-22)20-14-18-8-12(15)13(21-14)17-6-10-3-2-4-16-5-10/h7-10,16H,2-6H2,1H3,(H2,17,18,20,21). The zero-order valence-electron chi connectivity index (χ0n) is 12.5. The SMILES string of the molecule is Cn1cc(Nc2ncc(Cl)c(NCC3CCCNC3)n2)cn1. The highest BCUT2D eigenvalue weighted by Crippen LogP contribution is 2.22. The fourth-order valence-electron chi connectivity index (χ4n) is 2.51. The summed E-state index contributed by atoms with van der Waals surface area (Å²) in [6.45, 7) is 3.01. The zero-order valence-corrected chi connectivity index (χ0v) is 13.3. The van der Waals surface area contributed by atoms with Crippen LogP contribution in [0.1, 0.15) is 12.8 Å². The van der Waals surface area contributed by atoms with Crippen molar-refractivity contribution < 1.29 is 0 Å². The zero-order chi connectivity index (χ0) is 15.4. The van der Waals surface area contributed by atoms with Gasteiger partial charge in [0.25, 0.3) is 0 Å². The van der Waals surface area contributed by atoms with E-state index < -0.39 is 0 Å². The van der Waals surface area contributed by atoms with Crippen LogP contribution in [0.25, 0.3) is 0 Å². The number of aromatic nitrogens is 4. The first-order chi connectivity index (χ1) is 10.7. The Labute approximate surface area is 134 Å². The molecule has 0 saturated carbocycles. The van der Waals surface area contributed by atoms with Crippen LogP contribution in [0.5, 0.6) is 0 Å². The van der Waals surface area contributed by atoms with Crippen molar-refractivity contribution in [3.63, 3.8) is 0 Å². The number of piperidine rings is 1. The molecule has 1 atom stereocenters. The molecule has 2 aromatic heterocycles. The van der Waals surface area contributed by atoms with Crippen molar-refractivity contribution in [1.82, 2.24) is 25.1 Å². The lowest BCUT2D eigenvalue weighted by Crippen LogP contribution is -2.33. The molecule has 1 fully saturated rings. The number of rotatable bonds is 5. The van der Waals surface area contributed by atoms with Crippen molar-refractivity contribution in [1.29, 1.82) is 0 Å². The predicted octanol–water partition coefficient (Wildman–Crippen LogP) is 2.02. The molecule has 0 aromatic carbocycles. The number of halogens is 1. The molecule has 1 unspecified atom stereocenters. The molecule has 3 heterocycles. The summed E-state index contributed by atoms with van der Waals surface area (Å²) < 4.78 is 1.72. The fourth-order valence-corrected chi connectivity index (χ4v) is 2.66. The van der Waals surface area contributed by atoms with E-state index in [4.69, 9.17) is 11.6 Å². The normalized spacial score (nSPS) is 18.2.